The van der Waals surface area contributed by atoms with Crippen molar-refractivity contribution in [1.29, 1.82) is 0 Å². The van der Waals surface area contributed by atoms with Crippen molar-refractivity contribution in [2.24, 2.45) is 11.8 Å². The first-order valence-corrected chi connectivity index (χ1v) is 16.2. The number of carbonyl (C=O) groups is 5. The Bertz CT molecular complexity index is 1220. The van der Waals surface area contributed by atoms with E-state index in [0.29, 0.717) is 29.6 Å². The van der Waals surface area contributed by atoms with E-state index in [1.165, 1.54) is 13.8 Å². The van der Waals surface area contributed by atoms with Gasteiger partial charge in [0.2, 0.25) is 0 Å². The van der Waals surface area contributed by atoms with Gasteiger partial charge >= 0.3 is 29.8 Å². The number of unbranched alkanes of at least 4 members (excludes halogenated alkanes) is 4. The summed E-state index contributed by atoms with van der Waals surface area (Å²) in [5, 5.41) is 12.4. The third-order valence-corrected chi connectivity index (χ3v) is 9.44. The lowest BCUT2D eigenvalue weighted by atomic mass is 9.78. The molecule has 1 N–H and O–H groups in total. The number of allylic oxidation sites excluding steroid dienone is 1. The number of fused-ring (bicyclic) bond motifs is 3. The van der Waals surface area contributed by atoms with Crippen LogP contribution in [-0.2, 0) is 47.7 Å². The summed E-state index contributed by atoms with van der Waals surface area (Å²) in [5.74, 6) is -5.28. The molecule has 8 atom stereocenters. The first-order chi connectivity index (χ1) is 21.2. The summed E-state index contributed by atoms with van der Waals surface area (Å²) in [6.45, 7) is 13.2. The van der Waals surface area contributed by atoms with Gasteiger partial charge in [-0.25, -0.2) is 4.79 Å². The molecule has 0 unspecified atom stereocenters. The highest BCUT2D eigenvalue weighted by molar-refractivity contribution is 5.88. The normalized spacial score (nSPS) is 32.6. The summed E-state index contributed by atoms with van der Waals surface area (Å²) >= 11 is 0. The zero-order valence-electron chi connectivity index (χ0n) is 27.9. The maximum absolute atomic E-state index is 13.3. The monoisotopic (exact) mass is 634 g/mol. The van der Waals surface area contributed by atoms with Crippen molar-refractivity contribution in [3.63, 3.8) is 0 Å². The lowest BCUT2D eigenvalue weighted by molar-refractivity contribution is -0.193. The van der Waals surface area contributed by atoms with Crippen molar-refractivity contribution in [2.75, 3.05) is 0 Å². The van der Waals surface area contributed by atoms with Crippen molar-refractivity contribution in [3.05, 3.63) is 22.8 Å². The summed E-state index contributed by atoms with van der Waals surface area (Å²) in [4.78, 5) is 64.9. The van der Waals surface area contributed by atoms with Crippen molar-refractivity contribution in [1.82, 2.24) is 0 Å². The maximum Gasteiger partial charge on any atom is 0.334 e. The first-order valence-electron chi connectivity index (χ1n) is 16.2. The number of aliphatic hydroxyl groups is 1. The minimum absolute atomic E-state index is 0.0662. The quantitative estimate of drug-likeness (QED) is 0.0977. The highest BCUT2D eigenvalue weighted by Gasteiger charge is 2.71. The summed E-state index contributed by atoms with van der Waals surface area (Å²) in [5.41, 5.74) is -2.58. The van der Waals surface area contributed by atoms with Crippen LogP contribution in [0.3, 0.4) is 0 Å². The van der Waals surface area contributed by atoms with Crippen LogP contribution >= 0.6 is 0 Å². The van der Waals surface area contributed by atoms with Crippen LogP contribution in [0, 0.1) is 11.8 Å². The van der Waals surface area contributed by atoms with Gasteiger partial charge in [0.25, 0.3) is 0 Å². The Morgan fingerprint density at radius 1 is 0.978 bits per heavy atom. The van der Waals surface area contributed by atoms with Crippen LogP contribution in [0.5, 0.6) is 0 Å². The molecule has 3 rings (SSSR count). The summed E-state index contributed by atoms with van der Waals surface area (Å²) < 4.78 is 29.7. The fourth-order valence-corrected chi connectivity index (χ4v) is 6.89. The van der Waals surface area contributed by atoms with Crippen molar-refractivity contribution in [2.45, 2.75) is 149 Å². The molecule has 0 aromatic carbocycles. The van der Waals surface area contributed by atoms with Crippen molar-refractivity contribution < 1.29 is 52.8 Å². The summed E-state index contributed by atoms with van der Waals surface area (Å²) in [6, 6.07) is 0. The predicted molar refractivity (Wildman–Crippen MR) is 162 cm³/mol. The predicted octanol–water partition coefficient (Wildman–Crippen LogP) is 4.81. The molecular weight excluding hydrogens is 584 g/mol. The first kappa shape index (κ1) is 36.3. The molecule has 11 nitrogen and oxygen atoms in total. The Labute approximate surface area is 266 Å². The van der Waals surface area contributed by atoms with E-state index in [1.54, 1.807) is 40.7 Å². The molecule has 3 aliphatic rings. The van der Waals surface area contributed by atoms with Gasteiger partial charge in [0.15, 0.2) is 23.9 Å². The van der Waals surface area contributed by atoms with Crippen LogP contribution in [-0.4, -0.2) is 70.6 Å². The summed E-state index contributed by atoms with van der Waals surface area (Å²) in [7, 11) is 0. The molecule has 0 spiro atoms. The standard InChI is InChI=1S/C34H50O11/c1-9-12-13-14-15-17-25(37)42-29-27-26(20(5)28(29)43-31(38)19(4)11-3)30-34(40,21(6)32(39)44-30)23(41-24(36)16-10-2)18-33(27,8)45-22(7)35/h11,21,23,27-30,40H,9-10,12-18H2,1-8H3/b19-11-/t21-,23-,27+,28-,29-,30+,33-,34+/m0/s1. The molecule has 2 aliphatic carbocycles. The fraction of sp³-hybridized carbons (Fsp3) is 0.735. The molecule has 2 fully saturated rings. The molecule has 1 aliphatic heterocycles. The number of hydrogen-bond acceptors (Lipinski definition) is 11. The molecule has 0 amide bonds. The molecule has 1 heterocycles. The Morgan fingerprint density at radius 2 is 1.62 bits per heavy atom. The van der Waals surface area contributed by atoms with Crippen LogP contribution in [0.2, 0.25) is 0 Å². The fourth-order valence-electron chi connectivity index (χ4n) is 6.89. The van der Waals surface area contributed by atoms with E-state index in [1.807, 2.05) is 0 Å². The van der Waals surface area contributed by atoms with E-state index in [9.17, 15) is 29.1 Å². The van der Waals surface area contributed by atoms with Crippen LogP contribution in [0.25, 0.3) is 0 Å². The maximum atomic E-state index is 13.3. The van der Waals surface area contributed by atoms with E-state index < -0.39 is 77.3 Å². The minimum Gasteiger partial charge on any atom is -0.459 e. The molecular formula is C34H50O11. The van der Waals surface area contributed by atoms with Gasteiger partial charge in [-0.15, -0.1) is 0 Å². The molecule has 252 valence electrons. The second kappa shape index (κ2) is 14.9. The highest BCUT2D eigenvalue weighted by atomic mass is 16.6. The molecule has 0 radical (unpaired) electrons. The number of carbonyl (C=O) groups excluding carboxylic acids is 5. The van der Waals surface area contributed by atoms with Gasteiger partial charge in [-0.1, -0.05) is 45.6 Å². The number of esters is 5. The van der Waals surface area contributed by atoms with Gasteiger partial charge in [-0.3, -0.25) is 19.2 Å². The van der Waals surface area contributed by atoms with Gasteiger partial charge < -0.3 is 28.8 Å². The molecule has 1 saturated heterocycles. The Balaban J connectivity index is 2.19. The zero-order chi connectivity index (χ0) is 33.7. The van der Waals surface area contributed by atoms with E-state index in [4.69, 9.17) is 23.7 Å². The Kier molecular flexibility index (Phi) is 12.0. The lowest BCUT2D eigenvalue weighted by Gasteiger charge is -2.40. The lowest BCUT2D eigenvalue weighted by Crippen LogP contribution is -2.56. The van der Waals surface area contributed by atoms with Gasteiger partial charge in [-0.05, 0) is 58.6 Å². The van der Waals surface area contributed by atoms with Crippen LogP contribution in [0.4, 0.5) is 0 Å². The molecule has 0 aromatic rings. The largest absolute Gasteiger partial charge is 0.459 e. The second-order valence-corrected chi connectivity index (χ2v) is 12.8. The summed E-state index contributed by atoms with van der Waals surface area (Å²) in [6.07, 6.45) is 1.57. The molecule has 1 saturated carbocycles. The van der Waals surface area contributed by atoms with Gasteiger partial charge in [0, 0.05) is 31.8 Å². The van der Waals surface area contributed by atoms with E-state index in [2.05, 4.69) is 6.92 Å². The second-order valence-electron chi connectivity index (χ2n) is 12.8. The Hall–Kier alpha value is -3.21. The van der Waals surface area contributed by atoms with Crippen LogP contribution in [0.1, 0.15) is 113 Å². The van der Waals surface area contributed by atoms with Gasteiger partial charge in [0.1, 0.15) is 11.7 Å². The SMILES string of the molecule is C/C=C(/C)C(=O)O[C@H]1C(C)=C2[C@H]3OC(=O)[C@H](C)[C@@]3(O)[C@@H](OC(=O)CCC)C[C@](C)(OC(C)=O)[C@H]2[C@@H]1OC(=O)CCCCCCC. The third-order valence-electron chi connectivity index (χ3n) is 9.44. The molecule has 0 aromatic heterocycles. The van der Waals surface area contributed by atoms with E-state index in [0.717, 1.165) is 25.7 Å². The third kappa shape index (κ3) is 7.45. The topological polar surface area (TPSA) is 152 Å². The van der Waals surface area contributed by atoms with Gasteiger partial charge in [0.05, 0.1) is 11.8 Å². The Morgan fingerprint density at radius 3 is 2.22 bits per heavy atom. The minimum atomic E-state index is -2.06. The highest BCUT2D eigenvalue weighted by Crippen LogP contribution is 2.56. The number of ether oxygens (including phenoxy) is 5. The average Bonchev–Trinajstić information content (AvgIpc) is 3.33. The number of rotatable bonds is 13. The van der Waals surface area contributed by atoms with Gasteiger partial charge in [-0.2, -0.15) is 0 Å². The smallest absolute Gasteiger partial charge is 0.334 e. The van der Waals surface area contributed by atoms with Crippen LogP contribution in [0.15, 0.2) is 22.8 Å². The van der Waals surface area contributed by atoms with E-state index >= 15 is 0 Å². The molecule has 45 heavy (non-hydrogen) atoms. The zero-order valence-corrected chi connectivity index (χ0v) is 27.9. The van der Waals surface area contributed by atoms with Crippen molar-refractivity contribution in [3.8, 4) is 0 Å². The molecule has 0 bridgehead atoms. The molecule has 11 heteroatoms. The van der Waals surface area contributed by atoms with E-state index in [-0.39, 0.29) is 19.3 Å². The number of hydrogen-bond donors (Lipinski definition) is 1. The van der Waals surface area contributed by atoms with Crippen molar-refractivity contribution >= 4 is 29.8 Å². The van der Waals surface area contributed by atoms with Crippen LogP contribution < -0.4 is 0 Å². The average molecular weight is 635 g/mol.